The second-order valence-corrected chi connectivity index (χ2v) is 9.42. The van der Waals surface area contributed by atoms with Gasteiger partial charge in [0.25, 0.3) is 5.56 Å². The molecule has 4 rings (SSSR count). The van der Waals surface area contributed by atoms with E-state index in [1.54, 1.807) is 29.8 Å². The number of methoxy groups -OCH3 is 1. The molecule has 28 heavy (non-hydrogen) atoms. The van der Waals surface area contributed by atoms with Crippen LogP contribution in [0.1, 0.15) is 36.5 Å². The van der Waals surface area contributed by atoms with Crippen LogP contribution in [0.3, 0.4) is 0 Å². The van der Waals surface area contributed by atoms with Gasteiger partial charge in [0.15, 0.2) is 0 Å². The molecule has 7 heteroatoms. The zero-order chi connectivity index (χ0) is 19.7. The smallest absolute Gasteiger partial charge is 0.263 e. The Balaban J connectivity index is 1.93. The van der Waals surface area contributed by atoms with Gasteiger partial charge in [0.2, 0.25) is 0 Å². The Hall–Kier alpha value is -1.54. The standard InChI is InChI=1S/C21H27N3O2S2/c1-4-15-18(16-6-5-13-27-16)19-20(28-15)22-17(9-12-26-3)24(21(19)25)14-7-10-23(2)11-8-14/h5-6,13-14H,4,7-12H2,1-3H3. The molecule has 3 aromatic rings. The van der Waals surface area contributed by atoms with Crippen LogP contribution in [0.2, 0.25) is 0 Å². The lowest BCUT2D eigenvalue weighted by molar-refractivity contribution is 0.191. The summed E-state index contributed by atoms with van der Waals surface area (Å²) in [4.78, 5) is 24.4. The maximum atomic E-state index is 13.8. The maximum Gasteiger partial charge on any atom is 0.263 e. The molecular weight excluding hydrogens is 390 g/mol. The van der Waals surface area contributed by atoms with Crippen molar-refractivity contribution in [2.45, 2.75) is 38.6 Å². The lowest BCUT2D eigenvalue weighted by Gasteiger charge is -2.31. The van der Waals surface area contributed by atoms with Gasteiger partial charge in [-0.2, -0.15) is 0 Å². The summed E-state index contributed by atoms with van der Waals surface area (Å²) in [6.45, 7) is 4.76. The second kappa shape index (κ2) is 8.45. The number of aromatic nitrogens is 2. The van der Waals surface area contributed by atoms with Crippen molar-refractivity contribution in [2.24, 2.45) is 0 Å². The van der Waals surface area contributed by atoms with Crippen LogP contribution < -0.4 is 5.56 Å². The highest BCUT2D eigenvalue weighted by molar-refractivity contribution is 7.20. The summed E-state index contributed by atoms with van der Waals surface area (Å²) in [7, 11) is 3.85. The first kappa shape index (κ1) is 19.8. The van der Waals surface area contributed by atoms with Gasteiger partial charge in [0.1, 0.15) is 10.7 Å². The lowest BCUT2D eigenvalue weighted by atomic mass is 10.0. The number of rotatable bonds is 6. The van der Waals surface area contributed by atoms with Crippen LogP contribution in [0.4, 0.5) is 0 Å². The normalized spacial score (nSPS) is 16.2. The van der Waals surface area contributed by atoms with Crippen LogP contribution in [-0.2, 0) is 17.6 Å². The minimum absolute atomic E-state index is 0.130. The molecule has 150 valence electrons. The maximum absolute atomic E-state index is 13.8. The second-order valence-electron chi connectivity index (χ2n) is 7.39. The molecule has 0 atom stereocenters. The third-order valence-corrected chi connectivity index (χ3v) is 7.69. The number of hydrogen-bond donors (Lipinski definition) is 0. The minimum Gasteiger partial charge on any atom is -0.384 e. The first-order valence-corrected chi connectivity index (χ1v) is 11.6. The largest absolute Gasteiger partial charge is 0.384 e. The Morgan fingerprint density at radius 2 is 2.11 bits per heavy atom. The fourth-order valence-corrected chi connectivity index (χ4v) is 6.08. The molecule has 3 aromatic heterocycles. The first-order valence-electron chi connectivity index (χ1n) is 9.92. The number of fused-ring (bicyclic) bond motifs is 1. The van der Waals surface area contributed by atoms with Crippen molar-refractivity contribution >= 4 is 32.9 Å². The van der Waals surface area contributed by atoms with Gasteiger partial charge in [-0.1, -0.05) is 13.0 Å². The number of aryl methyl sites for hydroxylation is 1. The highest BCUT2D eigenvalue weighted by Gasteiger charge is 2.26. The van der Waals surface area contributed by atoms with Gasteiger partial charge >= 0.3 is 0 Å². The van der Waals surface area contributed by atoms with E-state index in [4.69, 9.17) is 9.72 Å². The molecule has 1 fully saturated rings. The predicted octanol–water partition coefficient (Wildman–Crippen LogP) is 4.20. The summed E-state index contributed by atoms with van der Waals surface area (Å²) in [5.74, 6) is 0.871. The molecule has 0 amide bonds. The van der Waals surface area contributed by atoms with E-state index < -0.39 is 0 Å². The van der Waals surface area contributed by atoms with Gasteiger partial charge in [-0.05, 0) is 50.8 Å². The molecule has 0 bridgehead atoms. The van der Waals surface area contributed by atoms with Crippen molar-refractivity contribution in [1.29, 1.82) is 0 Å². The van der Waals surface area contributed by atoms with E-state index in [1.165, 1.54) is 9.75 Å². The Morgan fingerprint density at radius 1 is 1.32 bits per heavy atom. The van der Waals surface area contributed by atoms with Crippen molar-refractivity contribution in [1.82, 2.24) is 14.5 Å². The van der Waals surface area contributed by atoms with E-state index in [1.807, 2.05) is 4.57 Å². The van der Waals surface area contributed by atoms with Gasteiger partial charge in [0, 0.05) is 34.9 Å². The van der Waals surface area contributed by atoms with Crippen LogP contribution >= 0.6 is 22.7 Å². The highest BCUT2D eigenvalue weighted by Crippen LogP contribution is 2.39. The SMILES string of the molecule is CCc1sc2nc(CCOC)n(C3CCN(C)CC3)c(=O)c2c1-c1cccs1. The van der Waals surface area contributed by atoms with E-state index in [9.17, 15) is 4.79 Å². The average molecular weight is 418 g/mol. The summed E-state index contributed by atoms with van der Waals surface area (Å²) in [6.07, 6.45) is 3.56. The number of nitrogens with zero attached hydrogens (tertiary/aromatic N) is 3. The number of hydrogen-bond acceptors (Lipinski definition) is 6. The Bertz CT molecular complexity index is 999. The molecule has 0 saturated carbocycles. The molecule has 1 aliphatic heterocycles. The molecule has 1 saturated heterocycles. The van der Waals surface area contributed by atoms with Gasteiger partial charge in [-0.15, -0.1) is 22.7 Å². The Morgan fingerprint density at radius 3 is 2.75 bits per heavy atom. The Kier molecular flexibility index (Phi) is 5.96. The summed E-state index contributed by atoms with van der Waals surface area (Å²) in [5.41, 5.74) is 1.24. The number of thiophene rings is 2. The fourth-order valence-electron chi connectivity index (χ4n) is 4.08. The molecule has 5 nitrogen and oxygen atoms in total. The number of piperidine rings is 1. The van der Waals surface area contributed by atoms with Crippen molar-refractivity contribution in [3.8, 4) is 10.4 Å². The zero-order valence-electron chi connectivity index (χ0n) is 16.7. The molecular formula is C21H27N3O2S2. The van der Waals surface area contributed by atoms with Gasteiger partial charge < -0.3 is 9.64 Å². The van der Waals surface area contributed by atoms with Crippen LogP contribution in [0.15, 0.2) is 22.3 Å². The summed E-state index contributed by atoms with van der Waals surface area (Å²) < 4.78 is 7.31. The quantitative estimate of drug-likeness (QED) is 0.603. The van der Waals surface area contributed by atoms with Gasteiger partial charge in [-0.25, -0.2) is 4.98 Å². The molecule has 0 spiro atoms. The van der Waals surface area contributed by atoms with E-state index in [2.05, 4.69) is 36.4 Å². The van der Waals surface area contributed by atoms with Crippen molar-refractivity contribution < 1.29 is 4.74 Å². The molecule has 0 unspecified atom stereocenters. The average Bonchev–Trinajstić information content (AvgIpc) is 3.34. The van der Waals surface area contributed by atoms with Crippen LogP contribution in [0, 0.1) is 0 Å². The Labute approximate surface area is 173 Å². The molecule has 0 aliphatic carbocycles. The topological polar surface area (TPSA) is 47.4 Å². The molecule has 0 radical (unpaired) electrons. The lowest BCUT2D eigenvalue weighted by Crippen LogP contribution is -2.37. The zero-order valence-corrected chi connectivity index (χ0v) is 18.4. The van der Waals surface area contributed by atoms with Crippen molar-refractivity contribution in [3.05, 3.63) is 38.6 Å². The predicted molar refractivity (Wildman–Crippen MR) is 118 cm³/mol. The third kappa shape index (κ3) is 3.56. The van der Waals surface area contributed by atoms with E-state index in [-0.39, 0.29) is 11.6 Å². The summed E-state index contributed by atoms with van der Waals surface area (Å²) in [6, 6.07) is 4.39. The molecule has 0 N–H and O–H groups in total. The number of likely N-dealkylation sites (tertiary alicyclic amines) is 1. The van der Waals surface area contributed by atoms with Crippen LogP contribution in [0.25, 0.3) is 20.7 Å². The number of ether oxygens (including phenoxy) is 1. The molecule has 0 aromatic carbocycles. The van der Waals surface area contributed by atoms with Gasteiger partial charge in [0.05, 0.1) is 12.0 Å². The monoisotopic (exact) mass is 417 g/mol. The van der Waals surface area contributed by atoms with E-state index >= 15 is 0 Å². The summed E-state index contributed by atoms with van der Waals surface area (Å²) in [5, 5.41) is 2.89. The van der Waals surface area contributed by atoms with Crippen molar-refractivity contribution in [3.63, 3.8) is 0 Å². The third-order valence-electron chi connectivity index (χ3n) is 5.58. The van der Waals surface area contributed by atoms with Gasteiger partial charge in [-0.3, -0.25) is 9.36 Å². The van der Waals surface area contributed by atoms with Crippen molar-refractivity contribution in [2.75, 3.05) is 33.9 Å². The molecule has 4 heterocycles. The van der Waals surface area contributed by atoms with E-state index in [0.29, 0.717) is 13.0 Å². The first-order chi connectivity index (χ1) is 13.6. The summed E-state index contributed by atoms with van der Waals surface area (Å²) >= 11 is 3.37. The highest BCUT2D eigenvalue weighted by atomic mass is 32.1. The fraction of sp³-hybridized carbons (Fsp3) is 0.524. The van der Waals surface area contributed by atoms with Crippen LogP contribution in [0.5, 0.6) is 0 Å². The molecule has 1 aliphatic rings. The minimum atomic E-state index is 0.130. The van der Waals surface area contributed by atoms with E-state index in [0.717, 1.165) is 54.0 Å². The van der Waals surface area contributed by atoms with Crippen LogP contribution in [-0.4, -0.2) is 48.3 Å².